The molecule has 2 heterocycles. The van der Waals surface area contributed by atoms with Gasteiger partial charge in [0.2, 0.25) is 11.7 Å². The summed E-state index contributed by atoms with van der Waals surface area (Å²) in [6.45, 7) is 1.74. The van der Waals surface area contributed by atoms with Crippen LogP contribution in [-0.4, -0.2) is 15.1 Å². The molecule has 0 amide bonds. The topological polar surface area (TPSA) is 77.8 Å². The van der Waals surface area contributed by atoms with Crippen LogP contribution in [0.15, 0.2) is 10.7 Å². The molecule has 2 aromatic heterocycles. The van der Waals surface area contributed by atoms with Crippen LogP contribution >= 0.6 is 11.3 Å². The Labute approximate surface area is 72.2 Å². The van der Waals surface area contributed by atoms with Crippen molar-refractivity contribution in [2.24, 2.45) is 0 Å². The van der Waals surface area contributed by atoms with Gasteiger partial charge in [-0.1, -0.05) is 16.5 Å². The van der Waals surface area contributed by atoms with Crippen molar-refractivity contribution < 1.29 is 4.52 Å². The molecule has 62 valence electrons. The van der Waals surface area contributed by atoms with Gasteiger partial charge in [-0.3, -0.25) is 0 Å². The van der Waals surface area contributed by atoms with Crippen LogP contribution in [0, 0.1) is 6.92 Å². The first kappa shape index (κ1) is 7.23. The largest absolute Gasteiger partial charge is 0.375 e. The van der Waals surface area contributed by atoms with Crippen LogP contribution in [0.1, 0.15) is 5.89 Å². The summed E-state index contributed by atoms with van der Waals surface area (Å²) in [5, 5.41) is 4.24. The monoisotopic (exact) mass is 182 g/mol. The van der Waals surface area contributed by atoms with Crippen molar-refractivity contribution >= 4 is 16.5 Å². The maximum atomic E-state index is 5.44. The Morgan fingerprint density at radius 1 is 1.58 bits per heavy atom. The van der Waals surface area contributed by atoms with E-state index in [1.807, 2.05) is 0 Å². The van der Waals surface area contributed by atoms with E-state index in [9.17, 15) is 0 Å². The van der Waals surface area contributed by atoms with Crippen LogP contribution in [0.4, 0.5) is 5.13 Å². The van der Waals surface area contributed by atoms with Crippen molar-refractivity contribution in [3.8, 4) is 10.7 Å². The van der Waals surface area contributed by atoms with E-state index in [2.05, 4.69) is 15.1 Å². The standard InChI is InChI=1S/C6H6N4OS/c1-3-9-5(10-11-3)4-2-8-6(7)12-4/h2H,1H3,(H2,7,8). The Balaban J connectivity index is 2.43. The van der Waals surface area contributed by atoms with Gasteiger partial charge in [0, 0.05) is 6.92 Å². The van der Waals surface area contributed by atoms with Gasteiger partial charge in [0.15, 0.2) is 5.13 Å². The number of hydrogen-bond acceptors (Lipinski definition) is 6. The SMILES string of the molecule is Cc1nc(-c2cnc(N)s2)no1. The van der Waals surface area contributed by atoms with E-state index in [0.29, 0.717) is 16.8 Å². The van der Waals surface area contributed by atoms with Crippen molar-refractivity contribution in [2.75, 3.05) is 5.73 Å². The molecule has 0 radical (unpaired) electrons. The first-order chi connectivity index (χ1) is 5.75. The summed E-state index contributed by atoms with van der Waals surface area (Å²) in [6.07, 6.45) is 1.63. The van der Waals surface area contributed by atoms with Gasteiger partial charge in [0.05, 0.1) is 11.1 Å². The molecule has 0 aromatic carbocycles. The number of aromatic nitrogens is 3. The van der Waals surface area contributed by atoms with Gasteiger partial charge in [-0.2, -0.15) is 4.98 Å². The molecule has 0 atom stereocenters. The molecule has 0 saturated heterocycles. The zero-order valence-electron chi connectivity index (χ0n) is 6.31. The summed E-state index contributed by atoms with van der Waals surface area (Å²) >= 11 is 1.34. The molecule has 0 unspecified atom stereocenters. The molecule has 2 rings (SSSR count). The minimum Gasteiger partial charge on any atom is -0.375 e. The number of rotatable bonds is 1. The van der Waals surface area contributed by atoms with Gasteiger partial charge in [-0.15, -0.1) is 0 Å². The molecule has 0 aliphatic carbocycles. The van der Waals surface area contributed by atoms with Crippen molar-refractivity contribution in [3.05, 3.63) is 12.1 Å². The Bertz CT molecular complexity index is 355. The zero-order valence-corrected chi connectivity index (χ0v) is 7.13. The van der Waals surface area contributed by atoms with Crippen LogP contribution in [0.5, 0.6) is 0 Å². The summed E-state index contributed by atoms with van der Waals surface area (Å²) in [4.78, 5) is 8.73. The Morgan fingerprint density at radius 3 is 2.92 bits per heavy atom. The molecule has 0 spiro atoms. The normalized spacial score (nSPS) is 10.4. The molecular formula is C6H6N4OS. The smallest absolute Gasteiger partial charge is 0.223 e. The lowest BCUT2D eigenvalue weighted by molar-refractivity contribution is 0.394. The van der Waals surface area contributed by atoms with Crippen molar-refractivity contribution in [1.82, 2.24) is 15.1 Å². The van der Waals surface area contributed by atoms with E-state index in [-0.39, 0.29) is 0 Å². The first-order valence-corrected chi connectivity index (χ1v) is 4.09. The fraction of sp³-hybridized carbons (Fsp3) is 0.167. The lowest BCUT2D eigenvalue weighted by atomic mass is 10.5. The van der Waals surface area contributed by atoms with Crippen LogP contribution in [0.2, 0.25) is 0 Å². The lowest BCUT2D eigenvalue weighted by Crippen LogP contribution is -1.77. The highest BCUT2D eigenvalue weighted by Gasteiger charge is 2.07. The lowest BCUT2D eigenvalue weighted by Gasteiger charge is -1.79. The van der Waals surface area contributed by atoms with Crippen LogP contribution in [0.3, 0.4) is 0 Å². The van der Waals surface area contributed by atoms with E-state index in [1.54, 1.807) is 13.1 Å². The van der Waals surface area contributed by atoms with Crippen molar-refractivity contribution in [1.29, 1.82) is 0 Å². The van der Waals surface area contributed by atoms with Gasteiger partial charge in [0.1, 0.15) is 0 Å². The molecule has 6 heteroatoms. The second-order valence-corrected chi connectivity index (χ2v) is 3.26. The van der Waals surface area contributed by atoms with E-state index in [4.69, 9.17) is 10.3 Å². The first-order valence-electron chi connectivity index (χ1n) is 3.27. The van der Waals surface area contributed by atoms with E-state index in [1.165, 1.54) is 11.3 Å². The molecule has 5 nitrogen and oxygen atoms in total. The third-order valence-corrected chi connectivity index (χ3v) is 2.09. The number of nitrogens with two attached hydrogens (primary N) is 1. The molecule has 0 aliphatic heterocycles. The summed E-state index contributed by atoms with van der Waals surface area (Å²) in [5.74, 6) is 1.08. The quantitative estimate of drug-likeness (QED) is 0.714. The van der Waals surface area contributed by atoms with E-state index >= 15 is 0 Å². The third kappa shape index (κ3) is 1.16. The van der Waals surface area contributed by atoms with Crippen LogP contribution in [0.25, 0.3) is 10.7 Å². The Hall–Kier alpha value is -1.43. The highest BCUT2D eigenvalue weighted by Crippen LogP contribution is 2.24. The minimum atomic E-state index is 0.507. The Kier molecular flexibility index (Phi) is 1.54. The summed E-state index contributed by atoms with van der Waals surface area (Å²) in [7, 11) is 0. The summed E-state index contributed by atoms with van der Waals surface area (Å²) in [5.41, 5.74) is 5.44. The predicted octanol–water partition coefficient (Wildman–Crippen LogP) is 1.08. The van der Waals surface area contributed by atoms with Crippen LogP contribution in [-0.2, 0) is 0 Å². The number of anilines is 1. The van der Waals surface area contributed by atoms with Gasteiger partial charge in [-0.25, -0.2) is 4.98 Å². The van der Waals surface area contributed by atoms with Gasteiger partial charge in [0.25, 0.3) is 0 Å². The predicted molar refractivity (Wildman–Crippen MR) is 44.6 cm³/mol. The maximum Gasteiger partial charge on any atom is 0.223 e. The summed E-state index contributed by atoms with van der Waals surface area (Å²) < 4.78 is 4.81. The average molecular weight is 182 g/mol. The highest BCUT2D eigenvalue weighted by molar-refractivity contribution is 7.18. The molecule has 2 aromatic rings. The molecule has 0 bridgehead atoms. The molecule has 0 saturated carbocycles. The van der Waals surface area contributed by atoms with Crippen molar-refractivity contribution in [2.45, 2.75) is 6.92 Å². The van der Waals surface area contributed by atoms with Gasteiger partial charge in [-0.05, 0) is 0 Å². The second kappa shape index (κ2) is 2.56. The molecule has 2 N–H and O–H groups in total. The van der Waals surface area contributed by atoms with Crippen LogP contribution < -0.4 is 5.73 Å². The number of aryl methyl sites for hydroxylation is 1. The summed E-state index contributed by atoms with van der Waals surface area (Å²) in [6, 6.07) is 0. The average Bonchev–Trinajstić information content (AvgIpc) is 2.58. The maximum absolute atomic E-state index is 5.44. The van der Waals surface area contributed by atoms with Gasteiger partial charge < -0.3 is 10.3 Å². The second-order valence-electron chi connectivity index (χ2n) is 2.20. The van der Waals surface area contributed by atoms with E-state index in [0.717, 1.165) is 4.88 Å². The third-order valence-electron chi connectivity index (χ3n) is 1.27. The fourth-order valence-electron chi connectivity index (χ4n) is 0.790. The molecule has 0 aliphatic rings. The van der Waals surface area contributed by atoms with E-state index < -0.39 is 0 Å². The molecule has 12 heavy (non-hydrogen) atoms. The fourth-order valence-corrected chi connectivity index (χ4v) is 1.40. The van der Waals surface area contributed by atoms with Gasteiger partial charge >= 0.3 is 0 Å². The number of thiazole rings is 1. The molecule has 0 fully saturated rings. The number of nitrogens with zero attached hydrogens (tertiary/aromatic N) is 3. The number of hydrogen-bond donors (Lipinski definition) is 1. The molecular weight excluding hydrogens is 176 g/mol. The highest BCUT2D eigenvalue weighted by atomic mass is 32.1. The number of nitrogen functional groups attached to an aromatic ring is 1. The Morgan fingerprint density at radius 2 is 2.42 bits per heavy atom. The van der Waals surface area contributed by atoms with Crippen molar-refractivity contribution in [3.63, 3.8) is 0 Å². The minimum absolute atomic E-state index is 0.507. The zero-order chi connectivity index (χ0) is 8.55.